The molecule has 5 heteroatoms. The van der Waals surface area contributed by atoms with Gasteiger partial charge in [0.15, 0.2) is 5.69 Å². The highest BCUT2D eigenvalue weighted by Crippen LogP contribution is 2.08. The zero-order valence-corrected chi connectivity index (χ0v) is 10.9. The highest BCUT2D eigenvalue weighted by atomic mass is 16.5. The van der Waals surface area contributed by atoms with Crippen LogP contribution in [0.1, 0.15) is 23.0 Å². The van der Waals surface area contributed by atoms with Gasteiger partial charge in [-0.25, -0.2) is 9.48 Å². The maximum absolute atomic E-state index is 11.6. The van der Waals surface area contributed by atoms with E-state index in [9.17, 15) is 4.79 Å². The van der Waals surface area contributed by atoms with Crippen LogP contribution in [-0.2, 0) is 4.74 Å². The van der Waals surface area contributed by atoms with Gasteiger partial charge in [0.05, 0.1) is 11.9 Å². The number of esters is 1. The first-order chi connectivity index (χ1) is 9.20. The molecule has 0 spiro atoms. The monoisotopic (exact) mass is 257 g/mol. The summed E-state index contributed by atoms with van der Waals surface area (Å²) in [6.07, 6.45) is 5.13. The molecule has 0 aliphatic rings. The largest absolute Gasteiger partial charge is 0.457 e. The van der Waals surface area contributed by atoms with Crippen LogP contribution in [-0.4, -0.2) is 27.6 Å². The maximum atomic E-state index is 11.6. The van der Waals surface area contributed by atoms with E-state index in [2.05, 4.69) is 10.3 Å². The van der Waals surface area contributed by atoms with Crippen LogP contribution in [0.4, 0.5) is 0 Å². The summed E-state index contributed by atoms with van der Waals surface area (Å²) in [5.74, 6) is -0.475. The minimum absolute atomic E-state index is 0.199. The number of benzene rings is 1. The first-order valence-corrected chi connectivity index (χ1v) is 5.98. The van der Waals surface area contributed by atoms with Gasteiger partial charge in [0, 0.05) is 0 Å². The molecule has 0 aliphatic carbocycles. The molecule has 0 aliphatic heterocycles. The molecule has 1 aromatic carbocycles. The van der Waals surface area contributed by atoms with Crippen LogP contribution < -0.4 is 0 Å². The van der Waals surface area contributed by atoms with Gasteiger partial charge in [-0.05, 0) is 26.0 Å². The van der Waals surface area contributed by atoms with E-state index < -0.39 is 5.97 Å². The number of carbonyl (C=O) groups excluding carboxylic acids is 1. The second-order valence-corrected chi connectivity index (χ2v) is 4.05. The molecule has 0 bridgehead atoms. The van der Waals surface area contributed by atoms with Crippen molar-refractivity contribution in [3.8, 4) is 5.69 Å². The molecular formula is C14H15N3O2. The van der Waals surface area contributed by atoms with E-state index in [0.29, 0.717) is 0 Å². The van der Waals surface area contributed by atoms with Crippen molar-refractivity contribution in [1.29, 1.82) is 0 Å². The zero-order chi connectivity index (χ0) is 13.7. The average Bonchev–Trinajstić information content (AvgIpc) is 2.89. The minimum Gasteiger partial charge on any atom is -0.457 e. The summed E-state index contributed by atoms with van der Waals surface area (Å²) in [6, 6.07) is 7.78. The van der Waals surface area contributed by atoms with Crippen LogP contribution >= 0.6 is 0 Å². The third-order valence-electron chi connectivity index (χ3n) is 2.55. The third-order valence-corrected chi connectivity index (χ3v) is 2.55. The quantitative estimate of drug-likeness (QED) is 0.623. The fourth-order valence-electron chi connectivity index (χ4n) is 1.47. The summed E-state index contributed by atoms with van der Waals surface area (Å²) in [5.41, 5.74) is 2.21. The molecule has 5 nitrogen and oxygen atoms in total. The number of hydrogen-bond acceptors (Lipinski definition) is 4. The Morgan fingerprint density at radius 2 is 2.11 bits per heavy atom. The van der Waals surface area contributed by atoms with Crippen LogP contribution in [0.3, 0.4) is 0 Å². The maximum Gasteiger partial charge on any atom is 0.360 e. The molecule has 2 aromatic rings. The number of aromatic nitrogens is 3. The molecule has 0 atom stereocenters. The molecule has 0 radical (unpaired) electrons. The zero-order valence-electron chi connectivity index (χ0n) is 10.9. The average molecular weight is 257 g/mol. The molecule has 1 aromatic heterocycles. The van der Waals surface area contributed by atoms with E-state index in [-0.39, 0.29) is 12.3 Å². The molecule has 0 fully saturated rings. The van der Waals surface area contributed by atoms with Crippen LogP contribution in [0, 0.1) is 6.92 Å². The second kappa shape index (κ2) is 5.95. The number of aryl methyl sites for hydroxylation is 1. The summed E-state index contributed by atoms with van der Waals surface area (Å²) >= 11 is 0. The number of nitrogens with zero attached hydrogens (tertiary/aromatic N) is 3. The van der Waals surface area contributed by atoms with Crippen LogP contribution in [0.5, 0.6) is 0 Å². The number of carbonyl (C=O) groups is 1. The normalized spacial score (nSPS) is 10.8. The van der Waals surface area contributed by atoms with Gasteiger partial charge in [-0.15, -0.1) is 5.10 Å². The van der Waals surface area contributed by atoms with E-state index >= 15 is 0 Å². The molecule has 19 heavy (non-hydrogen) atoms. The highest BCUT2D eigenvalue weighted by molar-refractivity contribution is 5.86. The van der Waals surface area contributed by atoms with Crippen LogP contribution in [0.2, 0.25) is 0 Å². The lowest BCUT2D eigenvalue weighted by Gasteiger charge is -1.99. The number of hydrogen-bond donors (Lipinski definition) is 0. The Morgan fingerprint density at radius 3 is 2.79 bits per heavy atom. The van der Waals surface area contributed by atoms with Gasteiger partial charge in [-0.2, -0.15) is 0 Å². The first kappa shape index (κ1) is 13.0. The Labute approximate surface area is 111 Å². The molecule has 0 N–H and O–H groups in total. The van der Waals surface area contributed by atoms with Gasteiger partial charge in [0.1, 0.15) is 6.61 Å². The Morgan fingerprint density at radius 1 is 1.37 bits per heavy atom. The Balaban J connectivity index is 2.10. The van der Waals surface area contributed by atoms with Gasteiger partial charge in [0.25, 0.3) is 0 Å². The lowest BCUT2D eigenvalue weighted by Crippen LogP contribution is -2.05. The molecular weight excluding hydrogens is 242 g/mol. The van der Waals surface area contributed by atoms with Crippen molar-refractivity contribution in [2.75, 3.05) is 6.61 Å². The van der Waals surface area contributed by atoms with Crippen molar-refractivity contribution in [2.24, 2.45) is 0 Å². The topological polar surface area (TPSA) is 57.0 Å². The molecule has 0 amide bonds. The van der Waals surface area contributed by atoms with E-state index in [1.54, 1.807) is 17.0 Å². The summed E-state index contributed by atoms with van der Waals surface area (Å²) < 4.78 is 6.54. The van der Waals surface area contributed by atoms with Crippen molar-refractivity contribution < 1.29 is 9.53 Å². The summed E-state index contributed by atoms with van der Waals surface area (Å²) in [4.78, 5) is 11.6. The lowest BCUT2D eigenvalue weighted by molar-refractivity contribution is 0.0542. The van der Waals surface area contributed by atoms with Crippen LogP contribution in [0.25, 0.3) is 5.69 Å². The fraction of sp³-hybridized carbons (Fsp3) is 0.214. The molecule has 1 heterocycles. The SMILES string of the molecule is C/C=C/COC(=O)c1cn(-c2ccc(C)cc2)nn1. The van der Waals surface area contributed by atoms with Gasteiger partial charge in [-0.3, -0.25) is 0 Å². The van der Waals surface area contributed by atoms with Gasteiger partial charge in [0.2, 0.25) is 0 Å². The van der Waals surface area contributed by atoms with E-state index in [0.717, 1.165) is 11.3 Å². The predicted molar refractivity (Wildman–Crippen MR) is 71.2 cm³/mol. The molecule has 0 saturated heterocycles. The Bertz CT molecular complexity index is 585. The highest BCUT2D eigenvalue weighted by Gasteiger charge is 2.12. The fourth-order valence-corrected chi connectivity index (χ4v) is 1.47. The Hall–Kier alpha value is -2.43. The predicted octanol–water partition coefficient (Wildman–Crippen LogP) is 2.31. The molecule has 2 rings (SSSR count). The van der Waals surface area contributed by atoms with Crippen molar-refractivity contribution >= 4 is 5.97 Å². The summed E-state index contributed by atoms with van der Waals surface area (Å²) in [6.45, 7) is 4.11. The first-order valence-electron chi connectivity index (χ1n) is 5.98. The van der Waals surface area contributed by atoms with E-state index in [1.807, 2.05) is 44.2 Å². The van der Waals surface area contributed by atoms with Crippen molar-refractivity contribution in [3.05, 3.63) is 53.9 Å². The molecule has 0 saturated carbocycles. The van der Waals surface area contributed by atoms with E-state index in [4.69, 9.17) is 4.74 Å². The standard InChI is InChI=1S/C14H15N3O2/c1-3-4-9-19-14(18)13-10-17(16-15-13)12-7-5-11(2)6-8-12/h3-8,10H,9H2,1-2H3/b4-3+. The van der Waals surface area contributed by atoms with Crippen molar-refractivity contribution in [3.63, 3.8) is 0 Å². The minimum atomic E-state index is -0.475. The molecule has 98 valence electrons. The Kier molecular flexibility index (Phi) is 4.07. The van der Waals surface area contributed by atoms with Gasteiger partial charge < -0.3 is 4.74 Å². The number of ether oxygens (including phenoxy) is 1. The van der Waals surface area contributed by atoms with Crippen LogP contribution in [0.15, 0.2) is 42.6 Å². The van der Waals surface area contributed by atoms with Gasteiger partial charge >= 0.3 is 5.97 Å². The summed E-state index contributed by atoms with van der Waals surface area (Å²) in [7, 11) is 0. The number of allylic oxidation sites excluding steroid dienone is 1. The number of rotatable bonds is 4. The van der Waals surface area contributed by atoms with Gasteiger partial charge in [-0.1, -0.05) is 35.1 Å². The summed E-state index contributed by atoms with van der Waals surface area (Å²) in [5, 5.41) is 7.72. The van der Waals surface area contributed by atoms with Crippen molar-refractivity contribution in [2.45, 2.75) is 13.8 Å². The smallest absolute Gasteiger partial charge is 0.360 e. The second-order valence-electron chi connectivity index (χ2n) is 4.05. The third kappa shape index (κ3) is 3.28. The lowest BCUT2D eigenvalue weighted by atomic mass is 10.2. The van der Waals surface area contributed by atoms with Crippen molar-refractivity contribution in [1.82, 2.24) is 15.0 Å². The van der Waals surface area contributed by atoms with E-state index in [1.165, 1.54) is 0 Å². The molecule has 0 unspecified atom stereocenters.